The number of nitrogen functional groups attached to an aromatic ring is 1. The van der Waals surface area contributed by atoms with E-state index in [4.69, 9.17) is 15.2 Å². The molecule has 1 aliphatic heterocycles. The fraction of sp³-hybridized carbons (Fsp3) is 0.421. The van der Waals surface area contributed by atoms with Crippen LogP contribution in [0, 0.1) is 5.92 Å². The molecule has 1 heterocycles. The summed E-state index contributed by atoms with van der Waals surface area (Å²) in [5, 5.41) is 2.93. The predicted octanol–water partition coefficient (Wildman–Crippen LogP) is 3.33. The molecule has 0 spiro atoms. The lowest BCUT2D eigenvalue weighted by Crippen LogP contribution is -2.37. The minimum absolute atomic E-state index is 0.124. The van der Waals surface area contributed by atoms with E-state index in [1.165, 1.54) is 12.3 Å². The molecule has 0 bridgehead atoms. The number of ether oxygens (including phenoxy) is 2. The maximum absolute atomic E-state index is 12.2. The van der Waals surface area contributed by atoms with Crippen molar-refractivity contribution in [1.82, 2.24) is 5.32 Å². The Kier molecular flexibility index (Phi) is 6.02. The van der Waals surface area contributed by atoms with Crippen LogP contribution in [0.25, 0.3) is 0 Å². The van der Waals surface area contributed by atoms with Gasteiger partial charge in [-0.1, -0.05) is 26.0 Å². The van der Waals surface area contributed by atoms with Gasteiger partial charge in [-0.2, -0.15) is 0 Å². The van der Waals surface area contributed by atoms with Crippen molar-refractivity contribution in [2.45, 2.75) is 45.9 Å². The van der Waals surface area contributed by atoms with E-state index in [1.54, 1.807) is 26.0 Å². The third kappa shape index (κ3) is 4.84. The molecule has 26 heavy (non-hydrogen) atoms. The van der Waals surface area contributed by atoms with Crippen molar-refractivity contribution >= 4 is 24.0 Å². The van der Waals surface area contributed by atoms with Crippen LogP contribution >= 0.6 is 0 Å². The molecule has 0 aromatic heterocycles. The molecule has 140 valence electrons. The fourth-order valence-corrected chi connectivity index (χ4v) is 2.37. The number of rotatable bonds is 5. The van der Waals surface area contributed by atoms with Crippen molar-refractivity contribution in [3.8, 4) is 0 Å². The highest BCUT2D eigenvalue weighted by atomic mass is 16.7. The molecule has 7 heteroatoms. The average molecular weight is 359 g/mol. The Morgan fingerprint density at radius 1 is 1.31 bits per heavy atom. The average Bonchev–Trinajstić information content (AvgIpc) is 2.61. The Morgan fingerprint density at radius 3 is 2.58 bits per heavy atom. The monoisotopic (exact) mass is 359 g/mol. The molecule has 0 amide bonds. The zero-order chi connectivity index (χ0) is 19.3. The van der Waals surface area contributed by atoms with Crippen molar-refractivity contribution in [3.05, 3.63) is 41.6 Å². The second-order valence-corrected chi connectivity index (χ2v) is 6.75. The molecule has 2 rings (SSSR count). The lowest BCUT2D eigenvalue weighted by atomic mass is 9.90. The summed E-state index contributed by atoms with van der Waals surface area (Å²) in [6.45, 7) is 7.54. The molecule has 1 aliphatic rings. The number of esters is 1. The van der Waals surface area contributed by atoms with Gasteiger partial charge in [0.1, 0.15) is 17.5 Å². The number of allylic oxidation sites excluding steroid dienone is 1. The number of nitrogens with two attached hydrogens (primary N) is 1. The Balaban J connectivity index is 1.97. The fourth-order valence-electron chi connectivity index (χ4n) is 2.37. The Bertz CT molecular complexity index is 723. The van der Waals surface area contributed by atoms with Gasteiger partial charge in [-0.3, -0.25) is 4.99 Å². The lowest BCUT2D eigenvalue weighted by Gasteiger charge is -2.30. The number of carbonyl (C=O) groups excluding carboxylic acids is 2. The van der Waals surface area contributed by atoms with Gasteiger partial charge < -0.3 is 20.5 Å². The Labute approximate surface area is 153 Å². The number of anilines is 1. The molecular formula is C19H25N3O4. The van der Waals surface area contributed by atoms with Gasteiger partial charge in [0.05, 0.1) is 0 Å². The molecular weight excluding hydrogens is 334 g/mol. The highest BCUT2D eigenvalue weighted by molar-refractivity contribution is 5.98. The first-order valence-corrected chi connectivity index (χ1v) is 8.53. The molecule has 0 radical (unpaired) electrons. The van der Waals surface area contributed by atoms with Crippen LogP contribution in [-0.2, 0) is 14.3 Å². The highest BCUT2D eigenvalue weighted by Crippen LogP contribution is 2.25. The Hall–Kier alpha value is -2.83. The van der Waals surface area contributed by atoms with Crippen molar-refractivity contribution in [1.29, 1.82) is 0 Å². The van der Waals surface area contributed by atoms with Crippen LogP contribution < -0.4 is 11.1 Å². The molecule has 0 saturated carbocycles. The largest absolute Gasteiger partial charge is 0.516 e. The zero-order valence-electron chi connectivity index (χ0n) is 15.5. The number of benzene rings is 1. The summed E-state index contributed by atoms with van der Waals surface area (Å²) >= 11 is 0. The Morgan fingerprint density at radius 2 is 1.96 bits per heavy atom. The van der Waals surface area contributed by atoms with Gasteiger partial charge in [-0.05, 0) is 50.0 Å². The van der Waals surface area contributed by atoms with Crippen molar-refractivity contribution < 1.29 is 19.1 Å². The third-order valence-corrected chi connectivity index (χ3v) is 4.56. The minimum atomic E-state index is -1.02. The molecule has 2 atom stereocenters. The first-order chi connectivity index (χ1) is 12.2. The predicted molar refractivity (Wildman–Crippen MR) is 99.4 cm³/mol. The number of nitrogens with zero attached hydrogens (tertiary/aromatic N) is 1. The number of nitrogens with one attached hydrogen (secondary N) is 1. The van der Waals surface area contributed by atoms with Gasteiger partial charge in [0.2, 0.25) is 0 Å². The van der Waals surface area contributed by atoms with Crippen LogP contribution in [0.1, 0.15) is 45.8 Å². The summed E-state index contributed by atoms with van der Waals surface area (Å²) in [5.41, 5.74) is 6.53. The summed E-state index contributed by atoms with van der Waals surface area (Å²) in [6, 6.07) is 7.11. The van der Waals surface area contributed by atoms with E-state index in [9.17, 15) is 9.59 Å². The molecule has 0 fully saturated rings. The second-order valence-electron chi connectivity index (χ2n) is 6.75. The van der Waals surface area contributed by atoms with Crippen LogP contribution in [0.3, 0.4) is 0 Å². The van der Waals surface area contributed by atoms with Gasteiger partial charge >= 0.3 is 12.1 Å². The number of carbonyl (C=O) groups is 2. The van der Waals surface area contributed by atoms with E-state index >= 15 is 0 Å². The lowest BCUT2D eigenvalue weighted by molar-refractivity contribution is -0.138. The quantitative estimate of drug-likeness (QED) is 0.475. The first kappa shape index (κ1) is 19.5. The summed E-state index contributed by atoms with van der Waals surface area (Å²) in [6.07, 6.45) is 2.29. The molecule has 2 unspecified atom stereocenters. The van der Waals surface area contributed by atoms with E-state index in [0.717, 1.165) is 12.0 Å². The summed E-state index contributed by atoms with van der Waals surface area (Å²) in [7, 11) is 0. The standard InChI is InChI=1S/C19H25N3O4/c1-5-12(2)19(3,4)26-18(24)25-17(23)15-10-11-21-16(22-15)13-6-8-14(20)9-7-13/h6-12,16,22H,5,20H2,1-4H3. The second kappa shape index (κ2) is 8.03. The molecule has 0 saturated heterocycles. The highest BCUT2D eigenvalue weighted by Gasteiger charge is 2.31. The van der Waals surface area contributed by atoms with E-state index in [1.807, 2.05) is 26.0 Å². The first-order valence-electron chi connectivity index (χ1n) is 8.53. The maximum atomic E-state index is 12.2. The number of aliphatic imine (C=N–C) groups is 1. The summed E-state index contributed by atoms with van der Waals surface area (Å²) in [4.78, 5) is 28.4. The smallest absolute Gasteiger partial charge is 0.428 e. The third-order valence-electron chi connectivity index (χ3n) is 4.56. The number of hydrogen-bond acceptors (Lipinski definition) is 7. The SMILES string of the molecule is CCC(C)C(C)(C)OC(=O)OC(=O)C1=CC=NC(c2ccc(N)cc2)N1. The van der Waals surface area contributed by atoms with E-state index in [2.05, 4.69) is 10.3 Å². The van der Waals surface area contributed by atoms with Gasteiger partial charge in [-0.15, -0.1) is 0 Å². The van der Waals surface area contributed by atoms with Crippen molar-refractivity contribution in [3.63, 3.8) is 0 Å². The van der Waals surface area contributed by atoms with E-state index in [0.29, 0.717) is 5.69 Å². The van der Waals surface area contributed by atoms with Crippen LogP contribution in [0.15, 0.2) is 41.0 Å². The van der Waals surface area contributed by atoms with Crippen LogP contribution in [0.2, 0.25) is 0 Å². The van der Waals surface area contributed by atoms with Gasteiger partial charge in [0.15, 0.2) is 0 Å². The number of hydrogen-bond donors (Lipinski definition) is 2. The molecule has 3 N–H and O–H groups in total. The normalized spacial score (nSPS) is 17.7. The zero-order valence-corrected chi connectivity index (χ0v) is 15.5. The van der Waals surface area contributed by atoms with Gasteiger partial charge in [0, 0.05) is 11.9 Å². The molecule has 0 aliphatic carbocycles. The van der Waals surface area contributed by atoms with Crippen molar-refractivity contribution in [2.75, 3.05) is 5.73 Å². The molecule has 1 aromatic rings. The van der Waals surface area contributed by atoms with E-state index < -0.39 is 23.9 Å². The summed E-state index contributed by atoms with van der Waals surface area (Å²) in [5.74, 6) is -0.694. The topological polar surface area (TPSA) is 103 Å². The van der Waals surface area contributed by atoms with Gasteiger partial charge in [0.25, 0.3) is 0 Å². The van der Waals surface area contributed by atoms with Crippen LogP contribution in [0.5, 0.6) is 0 Å². The van der Waals surface area contributed by atoms with E-state index in [-0.39, 0.29) is 11.6 Å². The van der Waals surface area contributed by atoms with Crippen molar-refractivity contribution in [2.24, 2.45) is 10.9 Å². The van der Waals surface area contributed by atoms with Crippen LogP contribution in [0.4, 0.5) is 10.5 Å². The maximum Gasteiger partial charge on any atom is 0.516 e. The molecule has 1 aromatic carbocycles. The summed E-state index contributed by atoms with van der Waals surface area (Å²) < 4.78 is 10.1. The minimum Gasteiger partial charge on any atom is -0.428 e. The molecule has 7 nitrogen and oxygen atoms in total. The van der Waals surface area contributed by atoms with Gasteiger partial charge in [-0.25, -0.2) is 9.59 Å². The van der Waals surface area contributed by atoms with Crippen LogP contribution in [-0.4, -0.2) is 23.9 Å².